The van der Waals surface area contributed by atoms with Gasteiger partial charge in [-0.1, -0.05) is 29.3 Å². The minimum absolute atomic E-state index is 0.126. The van der Waals surface area contributed by atoms with Gasteiger partial charge in [0.15, 0.2) is 0 Å². The molecule has 0 unspecified atom stereocenters. The van der Waals surface area contributed by atoms with E-state index < -0.39 is 18.1 Å². The van der Waals surface area contributed by atoms with Crippen LogP contribution in [0.4, 0.5) is 0 Å². The van der Waals surface area contributed by atoms with Crippen LogP contribution >= 0.6 is 23.2 Å². The number of aliphatic carboxylic acids is 1. The van der Waals surface area contributed by atoms with E-state index in [1.807, 2.05) is 0 Å². The quantitative estimate of drug-likeness (QED) is 0.866. The smallest absolute Gasteiger partial charge is 0.323 e. The van der Waals surface area contributed by atoms with Gasteiger partial charge in [0.2, 0.25) is 0 Å². The maximum atomic E-state index is 10.6. The number of carboxylic acids is 1. The summed E-state index contributed by atoms with van der Waals surface area (Å²) < 4.78 is 5.34. The third-order valence-corrected chi connectivity index (χ3v) is 3.05. The zero-order valence-electron chi connectivity index (χ0n) is 9.19. The molecule has 0 heterocycles. The molecule has 0 bridgehead atoms. The molecule has 0 aliphatic carbocycles. The molecule has 0 saturated carbocycles. The Morgan fingerprint density at radius 1 is 1.47 bits per heavy atom. The normalized spacial score (nSPS) is 14.4. The van der Waals surface area contributed by atoms with Crippen molar-refractivity contribution in [1.82, 2.24) is 0 Å². The molecule has 0 radical (unpaired) electrons. The summed E-state index contributed by atoms with van der Waals surface area (Å²) in [6.45, 7) is 1.71. The van der Waals surface area contributed by atoms with Gasteiger partial charge in [0.1, 0.15) is 6.04 Å². The van der Waals surface area contributed by atoms with Crippen molar-refractivity contribution in [3.05, 3.63) is 33.8 Å². The molecule has 0 amide bonds. The van der Waals surface area contributed by atoms with Crippen molar-refractivity contribution < 1.29 is 14.6 Å². The molecule has 1 aromatic carbocycles. The number of halogens is 2. The fourth-order valence-corrected chi connectivity index (χ4v) is 1.70. The van der Waals surface area contributed by atoms with E-state index in [1.54, 1.807) is 25.1 Å². The Balaban J connectivity index is 2.65. The molecule has 0 aliphatic heterocycles. The molecule has 94 valence electrons. The van der Waals surface area contributed by atoms with Crippen LogP contribution in [-0.4, -0.2) is 23.2 Å². The first-order chi connectivity index (χ1) is 7.93. The van der Waals surface area contributed by atoms with Crippen molar-refractivity contribution in [2.45, 2.75) is 25.7 Å². The highest BCUT2D eigenvalue weighted by Crippen LogP contribution is 2.25. The molecule has 0 fully saturated rings. The number of hydrogen-bond acceptors (Lipinski definition) is 3. The van der Waals surface area contributed by atoms with Crippen LogP contribution in [0.5, 0.6) is 0 Å². The van der Waals surface area contributed by atoms with Gasteiger partial charge in [0, 0.05) is 15.6 Å². The van der Waals surface area contributed by atoms with Gasteiger partial charge < -0.3 is 15.6 Å². The van der Waals surface area contributed by atoms with Crippen LogP contribution in [0.3, 0.4) is 0 Å². The van der Waals surface area contributed by atoms with Crippen LogP contribution in [-0.2, 0) is 16.1 Å². The summed E-state index contributed by atoms with van der Waals surface area (Å²) in [6.07, 6.45) is -0.625. The van der Waals surface area contributed by atoms with Gasteiger partial charge in [-0.2, -0.15) is 0 Å². The van der Waals surface area contributed by atoms with Crippen LogP contribution < -0.4 is 5.73 Å². The van der Waals surface area contributed by atoms with E-state index in [4.69, 9.17) is 38.8 Å². The Kier molecular flexibility index (Phi) is 5.21. The molecule has 6 heteroatoms. The Bertz CT molecular complexity index is 391. The first-order valence-corrected chi connectivity index (χ1v) is 5.72. The molecule has 0 spiro atoms. The van der Waals surface area contributed by atoms with Crippen LogP contribution in [0.15, 0.2) is 18.2 Å². The number of carbonyl (C=O) groups is 1. The second-order valence-electron chi connectivity index (χ2n) is 3.58. The summed E-state index contributed by atoms with van der Waals surface area (Å²) >= 11 is 11.9. The van der Waals surface area contributed by atoms with Crippen molar-refractivity contribution in [3.63, 3.8) is 0 Å². The van der Waals surface area contributed by atoms with Crippen LogP contribution in [0.25, 0.3) is 0 Å². The summed E-state index contributed by atoms with van der Waals surface area (Å²) in [6, 6.07) is 4.03. The lowest BCUT2D eigenvalue weighted by Gasteiger charge is -2.17. The van der Waals surface area contributed by atoms with Crippen molar-refractivity contribution in [2.24, 2.45) is 5.73 Å². The number of rotatable bonds is 5. The first kappa shape index (κ1) is 14.3. The molecule has 0 aliphatic rings. The molecule has 1 aromatic rings. The topological polar surface area (TPSA) is 72.5 Å². The van der Waals surface area contributed by atoms with Crippen LogP contribution in [0.2, 0.25) is 10.0 Å². The zero-order valence-corrected chi connectivity index (χ0v) is 10.7. The predicted octanol–water partition coefficient (Wildman–Crippen LogP) is 2.31. The lowest BCUT2D eigenvalue weighted by molar-refractivity contribution is -0.142. The molecule has 0 aromatic heterocycles. The average Bonchev–Trinajstić information content (AvgIpc) is 2.26. The van der Waals surface area contributed by atoms with Gasteiger partial charge in [0.05, 0.1) is 12.7 Å². The number of benzene rings is 1. The minimum atomic E-state index is -1.11. The Morgan fingerprint density at radius 3 is 2.47 bits per heavy atom. The molecule has 2 atom stereocenters. The first-order valence-electron chi connectivity index (χ1n) is 4.96. The van der Waals surface area contributed by atoms with Gasteiger partial charge in [-0.05, 0) is 19.1 Å². The molecule has 1 rings (SSSR count). The molecule has 17 heavy (non-hydrogen) atoms. The van der Waals surface area contributed by atoms with E-state index in [0.29, 0.717) is 15.6 Å². The fourth-order valence-electron chi connectivity index (χ4n) is 1.19. The van der Waals surface area contributed by atoms with E-state index in [-0.39, 0.29) is 6.61 Å². The van der Waals surface area contributed by atoms with Gasteiger partial charge >= 0.3 is 5.97 Å². The predicted molar refractivity (Wildman–Crippen MR) is 66.3 cm³/mol. The monoisotopic (exact) mass is 277 g/mol. The van der Waals surface area contributed by atoms with E-state index >= 15 is 0 Å². The summed E-state index contributed by atoms with van der Waals surface area (Å²) in [4.78, 5) is 10.6. The number of hydrogen-bond donors (Lipinski definition) is 2. The van der Waals surface area contributed by atoms with Gasteiger partial charge in [-0.15, -0.1) is 0 Å². The molecule has 0 saturated heterocycles. The highest BCUT2D eigenvalue weighted by molar-refractivity contribution is 6.35. The Morgan fingerprint density at radius 2 is 2.00 bits per heavy atom. The highest BCUT2D eigenvalue weighted by atomic mass is 35.5. The zero-order chi connectivity index (χ0) is 13.0. The second-order valence-corrected chi connectivity index (χ2v) is 4.39. The van der Waals surface area contributed by atoms with Crippen molar-refractivity contribution in [3.8, 4) is 0 Å². The van der Waals surface area contributed by atoms with E-state index in [0.717, 1.165) is 0 Å². The third kappa shape index (κ3) is 3.85. The lowest BCUT2D eigenvalue weighted by atomic mass is 10.2. The molecular formula is C11H13Cl2NO3. The summed E-state index contributed by atoms with van der Waals surface area (Å²) in [5.41, 5.74) is 6.03. The summed E-state index contributed by atoms with van der Waals surface area (Å²) in [5.74, 6) is -1.11. The standard InChI is InChI=1S/C11H13Cl2NO3/c1-6(10(14)11(15)16)17-5-7-8(12)3-2-4-9(7)13/h2-4,6,10H,5,14H2,1H3,(H,15,16)/t6-,10+/m1/s1. The number of carboxylic acid groups (broad SMARTS) is 1. The minimum Gasteiger partial charge on any atom is -0.480 e. The summed E-state index contributed by atoms with van der Waals surface area (Å²) in [5, 5.41) is 9.66. The largest absolute Gasteiger partial charge is 0.480 e. The highest BCUT2D eigenvalue weighted by Gasteiger charge is 2.21. The summed E-state index contributed by atoms with van der Waals surface area (Å²) in [7, 11) is 0. The molecule has 3 N–H and O–H groups in total. The number of nitrogens with two attached hydrogens (primary N) is 1. The van der Waals surface area contributed by atoms with Crippen LogP contribution in [0, 0.1) is 0 Å². The fraction of sp³-hybridized carbons (Fsp3) is 0.364. The van der Waals surface area contributed by atoms with Crippen molar-refractivity contribution >= 4 is 29.2 Å². The van der Waals surface area contributed by atoms with Gasteiger partial charge in [-0.25, -0.2) is 0 Å². The van der Waals surface area contributed by atoms with E-state index in [9.17, 15) is 4.79 Å². The third-order valence-electron chi connectivity index (χ3n) is 2.34. The maximum Gasteiger partial charge on any atom is 0.323 e. The average molecular weight is 278 g/mol. The maximum absolute atomic E-state index is 10.6. The van der Waals surface area contributed by atoms with E-state index in [2.05, 4.69) is 0 Å². The lowest BCUT2D eigenvalue weighted by Crippen LogP contribution is -2.41. The Hall–Kier alpha value is -0.810. The van der Waals surface area contributed by atoms with Crippen molar-refractivity contribution in [1.29, 1.82) is 0 Å². The second kappa shape index (κ2) is 6.21. The Labute approximate surface area is 109 Å². The van der Waals surface area contributed by atoms with Gasteiger partial charge in [-0.3, -0.25) is 4.79 Å². The SMILES string of the molecule is C[C@@H](OCc1c(Cl)cccc1Cl)[C@H](N)C(=O)O. The van der Waals surface area contributed by atoms with E-state index in [1.165, 1.54) is 0 Å². The van der Waals surface area contributed by atoms with Crippen LogP contribution in [0.1, 0.15) is 12.5 Å². The number of ether oxygens (including phenoxy) is 1. The molecular weight excluding hydrogens is 265 g/mol. The van der Waals surface area contributed by atoms with Gasteiger partial charge in [0.25, 0.3) is 0 Å². The van der Waals surface area contributed by atoms with Crippen molar-refractivity contribution in [2.75, 3.05) is 0 Å². The molecule has 4 nitrogen and oxygen atoms in total.